The maximum atomic E-state index is 13.6. The SMILES string of the molecule is CCC1(C(=O)Nc2cc(OC3CCC3)cc(C(F)(F)F)c2)CN(c2c(C)cccc2C)C(=O)C1C. The summed E-state index contributed by atoms with van der Waals surface area (Å²) in [5.74, 6) is -1.19. The first kappa shape index (κ1) is 25.1. The fraction of sp³-hybridized carbons (Fsp3) is 0.481. The van der Waals surface area contributed by atoms with Crippen molar-refractivity contribution in [2.75, 3.05) is 16.8 Å². The Kier molecular flexibility index (Phi) is 6.60. The van der Waals surface area contributed by atoms with Gasteiger partial charge in [0, 0.05) is 24.0 Å². The van der Waals surface area contributed by atoms with Crippen LogP contribution in [0.4, 0.5) is 24.5 Å². The van der Waals surface area contributed by atoms with Gasteiger partial charge in [0.1, 0.15) is 5.75 Å². The van der Waals surface area contributed by atoms with Crippen LogP contribution in [0.15, 0.2) is 36.4 Å². The molecule has 1 saturated heterocycles. The molecule has 2 unspecified atom stereocenters. The van der Waals surface area contributed by atoms with Gasteiger partial charge in [0.05, 0.1) is 23.0 Å². The van der Waals surface area contributed by atoms with Crippen LogP contribution in [0.25, 0.3) is 0 Å². The Balaban J connectivity index is 1.65. The molecule has 1 aliphatic carbocycles. The normalized spacial score (nSPS) is 22.8. The minimum atomic E-state index is -4.59. The van der Waals surface area contributed by atoms with Crippen LogP contribution in [0.5, 0.6) is 5.75 Å². The van der Waals surface area contributed by atoms with E-state index in [1.807, 2.05) is 39.0 Å². The molecule has 0 aromatic heterocycles. The summed E-state index contributed by atoms with van der Waals surface area (Å²) in [4.78, 5) is 28.6. The summed E-state index contributed by atoms with van der Waals surface area (Å²) in [6, 6.07) is 9.05. The zero-order valence-electron chi connectivity index (χ0n) is 20.5. The van der Waals surface area contributed by atoms with Gasteiger partial charge in [0.25, 0.3) is 0 Å². The van der Waals surface area contributed by atoms with Crippen molar-refractivity contribution in [1.29, 1.82) is 0 Å². The number of halogens is 3. The second kappa shape index (κ2) is 9.21. The van der Waals surface area contributed by atoms with Gasteiger partial charge in [-0.25, -0.2) is 0 Å². The van der Waals surface area contributed by atoms with Gasteiger partial charge in [0.2, 0.25) is 11.8 Å². The number of nitrogens with zero attached hydrogens (tertiary/aromatic N) is 1. The number of carbonyl (C=O) groups excluding carboxylic acids is 2. The van der Waals surface area contributed by atoms with E-state index in [9.17, 15) is 22.8 Å². The van der Waals surface area contributed by atoms with E-state index in [0.717, 1.165) is 48.2 Å². The maximum Gasteiger partial charge on any atom is 0.416 e. The van der Waals surface area contributed by atoms with Crippen LogP contribution in [0.1, 0.15) is 56.2 Å². The molecule has 188 valence electrons. The second-order valence-electron chi connectivity index (χ2n) is 9.76. The number of anilines is 2. The molecule has 2 aromatic carbocycles. The minimum Gasteiger partial charge on any atom is -0.490 e. The summed E-state index contributed by atoms with van der Waals surface area (Å²) < 4.78 is 46.4. The topological polar surface area (TPSA) is 58.6 Å². The molecule has 5 nitrogen and oxygen atoms in total. The molecule has 0 spiro atoms. The molecule has 2 aliphatic rings. The first-order valence-corrected chi connectivity index (χ1v) is 12.0. The Hall–Kier alpha value is -3.03. The van der Waals surface area contributed by atoms with Gasteiger partial charge < -0.3 is 15.0 Å². The standard InChI is InChI=1S/C27H31F3N2O3/c1-5-26(15-32(24(33)18(26)4)23-16(2)8-6-9-17(23)3)25(34)31-20-12-19(27(28,29)30)13-22(14-20)35-21-10-7-11-21/h6,8-9,12-14,18,21H,5,7,10-11,15H2,1-4H3,(H,31,34). The van der Waals surface area contributed by atoms with Gasteiger partial charge in [0.15, 0.2) is 0 Å². The third-order valence-electron chi connectivity index (χ3n) is 7.54. The molecule has 1 heterocycles. The molecule has 1 N–H and O–H groups in total. The van der Waals surface area contributed by atoms with Crippen LogP contribution in [-0.2, 0) is 15.8 Å². The molecule has 4 rings (SSSR count). The van der Waals surface area contributed by atoms with E-state index in [-0.39, 0.29) is 30.0 Å². The second-order valence-corrected chi connectivity index (χ2v) is 9.76. The predicted molar refractivity (Wildman–Crippen MR) is 128 cm³/mol. The van der Waals surface area contributed by atoms with E-state index in [1.165, 1.54) is 6.07 Å². The molecule has 2 fully saturated rings. The van der Waals surface area contributed by atoms with Crippen LogP contribution in [0, 0.1) is 25.2 Å². The zero-order chi connectivity index (χ0) is 25.5. The predicted octanol–water partition coefficient (Wildman–Crippen LogP) is 6.27. The maximum absolute atomic E-state index is 13.6. The summed E-state index contributed by atoms with van der Waals surface area (Å²) in [6.45, 7) is 7.54. The van der Waals surface area contributed by atoms with E-state index in [4.69, 9.17) is 4.74 Å². The number of aryl methyl sites for hydroxylation is 2. The molecule has 8 heteroatoms. The number of hydrogen-bond acceptors (Lipinski definition) is 3. The molecular formula is C27H31F3N2O3. The molecule has 2 aromatic rings. The van der Waals surface area contributed by atoms with Crippen LogP contribution in [-0.4, -0.2) is 24.5 Å². The van der Waals surface area contributed by atoms with Crippen LogP contribution < -0.4 is 15.0 Å². The van der Waals surface area contributed by atoms with Crippen molar-refractivity contribution in [3.8, 4) is 5.75 Å². The third kappa shape index (κ3) is 4.62. The van der Waals surface area contributed by atoms with E-state index in [1.54, 1.807) is 11.8 Å². The van der Waals surface area contributed by atoms with E-state index in [2.05, 4.69) is 5.32 Å². The Morgan fingerprint density at radius 2 is 1.83 bits per heavy atom. The summed E-state index contributed by atoms with van der Waals surface area (Å²) in [5, 5.41) is 2.69. The van der Waals surface area contributed by atoms with Crippen LogP contribution in [0.3, 0.4) is 0 Å². The zero-order valence-corrected chi connectivity index (χ0v) is 20.5. The number of ether oxygens (including phenoxy) is 1. The number of para-hydroxylation sites is 1. The van der Waals surface area contributed by atoms with Gasteiger partial charge in [-0.3, -0.25) is 9.59 Å². The Morgan fingerprint density at radius 3 is 2.37 bits per heavy atom. The van der Waals surface area contributed by atoms with Crippen molar-refractivity contribution in [1.82, 2.24) is 0 Å². The number of rotatable bonds is 6. The molecule has 0 bridgehead atoms. The molecule has 35 heavy (non-hydrogen) atoms. The van der Waals surface area contributed by atoms with Gasteiger partial charge in [-0.05, 0) is 62.8 Å². The number of benzene rings is 2. The highest BCUT2D eigenvalue weighted by Gasteiger charge is 2.54. The summed E-state index contributed by atoms with van der Waals surface area (Å²) >= 11 is 0. The molecule has 2 atom stereocenters. The van der Waals surface area contributed by atoms with Crippen LogP contribution >= 0.6 is 0 Å². The number of alkyl halides is 3. The Bertz CT molecular complexity index is 1120. The van der Waals surface area contributed by atoms with Crippen molar-refractivity contribution >= 4 is 23.2 Å². The van der Waals surface area contributed by atoms with Crippen molar-refractivity contribution in [3.63, 3.8) is 0 Å². The van der Waals surface area contributed by atoms with Gasteiger partial charge in [-0.1, -0.05) is 32.0 Å². The van der Waals surface area contributed by atoms with E-state index < -0.39 is 29.0 Å². The average molecular weight is 489 g/mol. The van der Waals surface area contributed by atoms with Crippen molar-refractivity contribution in [2.24, 2.45) is 11.3 Å². The van der Waals surface area contributed by atoms with Gasteiger partial charge >= 0.3 is 6.18 Å². The number of nitrogens with one attached hydrogen (secondary N) is 1. The first-order valence-electron chi connectivity index (χ1n) is 12.0. The highest BCUT2D eigenvalue weighted by Crippen LogP contribution is 2.45. The highest BCUT2D eigenvalue weighted by molar-refractivity contribution is 6.07. The summed E-state index contributed by atoms with van der Waals surface area (Å²) in [5.41, 5.74) is 0.666. The number of carbonyl (C=O) groups is 2. The lowest BCUT2D eigenvalue weighted by Gasteiger charge is -2.30. The third-order valence-corrected chi connectivity index (χ3v) is 7.54. The van der Waals surface area contributed by atoms with E-state index in [0.29, 0.717) is 6.42 Å². The highest BCUT2D eigenvalue weighted by atomic mass is 19.4. The molecular weight excluding hydrogens is 457 g/mol. The monoisotopic (exact) mass is 488 g/mol. The Labute approximate surface area is 203 Å². The summed E-state index contributed by atoms with van der Waals surface area (Å²) in [7, 11) is 0. The average Bonchev–Trinajstić information content (AvgIpc) is 3.01. The lowest BCUT2D eigenvalue weighted by Crippen LogP contribution is -2.42. The fourth-order valence-corrected chi connectivity index (χ4v) is 5.07. The molecule has 1 aliphatic heterocycles. The smallest absolute Gasteiger partial charge is 0.416 e. The lowest BCUT2D eigenvalue weighted by molar-refractivity contribution is -0.137. The van der Waals surface area contributed by atoms with Crippen molar-refractivity contribution in [3.05, 3.63) is 53.1 Å². The lowest BCUT2D eigenvalue weighted by atomic mass is 9.75. The Morgan fingerprint density at radius 1 is 1.17 bits per heavy atom. The number of hydrogen-bond donors (Lipinski definition) is 1. The van der Waals surface area contributed by atoms with Gasteiger partial charge in [-0.2, -0.15) is 13.2 Å². The van der Waals surface area contributed by atoms with Gasteiger partial charge in [-0.15, -0.1) is 0 Å². The quantitative estimate of drug-likeness (QED) is 0.521. The summed E-state index contributed by atoms with van der Waals surface area (Å²) in [6.07, 6.45) is -1.76. The number of amides is 2. The fourth-order valence-electron chi connectivity index (χ4n) is 5.07. The molecule has 2 amide bonds. The van der Waals surface area contributed by atoms with Crippen molar-refractivity contribution in [2.45, 2.75) is 65.7 Å². The van der Waals surface area contributed by atoms with Crippen LogP contribution in [0.2, 0.25) is 0 Å². The molecule has 0 radical (unpaired) electrons. The first-order chi connectivity index (χ1) is 16.5. The van der Waals surface area contributed by atoms with E-state index >= 15 is 0 Å². The largest absolute Gasteiger partial charge is 0.490 e. The van der Waals surface area contributed by atoms with Crippen molar-refractivity contribution < 1.29 is 27.5 Å². The molecule has 1 saturated carbocycles. The minimum absolute atomic E-state index is 0.0112.